The van der Waals surface area contributed by atoms with Crippen LogP contribution < -0.4 is 10.1 Å². The lowest BCUT2D eigenvalue weighted by molar-refractivity contribution is 0.0563. The standard InChI is InChI=1S/C20H32N2O3/c1-14(2)25-18-11-9-16(10-12-18)15(3)21-20(24)22(4)13-17-7-5-6-8-19(17)23/h9-12,14-15,17,19,23H,5-8,13H2,1-4H3,(H,21,24). The summed E-state index contributed by atoms with van der Waals surface area (Å²) in [5.74, 6) is 1.02. The molecule has 2 N–H and O–H groups in total. The molecule has 0 heterocycles. The molecule has 0 aliphatic heterocycles. The molecule has 3 unspecified atom stereocenters. The Kier molecular flexibility index (Phi) is 7.12. The molecular weight excluding hydrogens is 316 g/mol. The first kappa shape index (κ1) is 19.6. The van der Waals surface area contributed by atoms with Crippen LogP contribution in [0.1, 0.15) is 58.1 Å². The van der Waals surface area contributed by atoms with Gasteiger partial charge in [0.15, 0.2) is 0 Å². The van der Waals surface area contributed by atoms with E-state index in [1.807, 2.05) is 45.0 Å². The van der Waals surface area contributed by atoms with Crippen molar-refractivity contribution in [3.8, 4) is 5.75 Å². The van der Waals surface area contributed by atoms with Crippen LogP contribution in [-0.4, -0.2) is 41.8 Å². The number of hydrogen-bond acceptors (Lipinski definition) is 3. The van der Waals surface area contributed by atoms with E-state index in [0.717, 1.165) is 37.0 Å². The summed E-state index contributed by atoms with van der Waals surface area (Å²) < 4.78 is 5.64. The zero-order chi connectivity index (χ0) is 18.4. The van der Waals surface area contributed by atoms with E-state index in [1.54, 1.807) is 11.9 Å². The molecule has 0 radical (unpaired) electrons. The van der Waals surface area contributed by atoms with E-state index in [9.17, 15) is 9.90 Å². The van der Waals surface area contributed by atoms with Crippen LogP contribution in [0.15, 0.2) is 24.3 Å². The number of ether oxygens (including phenoxy) is 1. The second kappa shape index (κ2) is 9.09. The number of hydrogen-bond donors (Lipinski definition) is 2. The zero-order valence-electron chi connectivity index (χ0n) is 15.9. The first-order chi connectivity index (χ1) is 11.9. The minimum Gasteiger partial charge on any atom is -0.491 e. The maximum absolute atomic E-state index is 12.4. The molecule has 0 bridgehead atoms. The number of aliphatic hydroxyl groups is 1. The monoisotopic (exact) mass is 348 g/mol. The zero-order valence-corrected chi connectivity index (χ0v) is 15.9. The Labute approximate surface area is 151 Å². The number of carbonyl (C=O) groups is 1. The quantitative estimate of drug-likeness (QED) is 0.823. The number of amides is 2. The van der Waals surface area contributed by atoms with Crippen molar-refractivity contribution in [1.29, 1.82) is 0 Å². The highest BCUT2D eigenvalue weighted by Gasteiger charge is 2.26. The maximum Gasteiger partial charge on any atom is 0.317 e. The van der Waals surface area contributed by atoms with Crippen molar-refractivity contribution in [2.75, 3.05) is 13.6 Å². The number of nitrogens with zero attached hydrogens (tertiary/aromatic N) is 1. The number of carbonyl (C=O) groups excluding carboxylic acids is 1. The van der Waals surface area contributed by atoms with Crippen LogP contribution in [0.25, 0.3) is 0 Å². The van der Waals surface area contributed by atoms with Crippen LogP contribution in [0.5, 0.6) is 5.75 Å². The largest absolute Gasteiger partial charge is 0.491 e. The van der Waals surface area contributed by atoms with Gasteiger partial charge in [0, 0.05) is 19.5 Å². The average Bonchev–Trinajstić information content (AvgIpc) is 2.56. The molecule has 0 aromatic heterocycles. The molecule has 1 fully saturated rings. The summed E-state index contributed by atoms with van der Waals surface area (Å²) in [6.07, 6.45) is 3.92. The van der Waals surface area contributed by atoms with Crippen LogP contribution in [0.3, 0.4) is 0 Å². The van der Waals surface area contributed by atoms with Gasteiger partial charge in [0.1, 0.15) is 5.75 Å². The molecule has 140 valence electrons. The first-order valence-electron chi connectivity index (χ1n) is 9.33. The van der Waals surface area contributed by atoms with Crippen molar-refractivity contribution in [2.45, 2.75) is 64.7 Å². The topological polar surface area (TPSA) is 61.8 Å². The Balaban J connectivity index is 1.86. The normalized spacial score (nSPS) is 21.7. The Morgan fingerprint density at radius 2 is 1.88 bits per heavy atom. The van der Waals surface area contributed by atoms with Gasteiger partial charge in [0.25, 0.3) is 0 Å². The first-order valence-corrected chi connectivity index (χ1v) is 9.33. The molecular formula is C20H32N2O3. The number of aliphatic hydroxyl groups excluding tert-OH is 1. The summed E-state index contributed by atoms with van der Waals surface area (Å²) in [4.78, 5) is 14.1. The SMILES string of the molecule is CC(C)Oc1ccc(C(C)NC(=O)N(C)CC2CCCCC2O)cc1. The van der Waals surface area contributed by atoms with E-state index in [4.69, 9.17) is 4.74 Å². The lowest BCUT2D eigenvalue weighted by Crippen LogP contribution is -2.43. The van der Waals surface area contributed by atoms with E-state index in [0.29, 0.717) is 6.54 Å². The van der Waals surface area contributed by atoms with Crippen LogP contribution >= 0.6 is 0 Å². The van der Waals surface area contributed by atoms with Gasteiger partial charge in [-0.05, 0) is 51.3 Å². The van der Waals surface area contributed by atoms with E-state index >= 15 is 0 Å². The van der Waals surface area contributed by atoms with Gasteiger partial charge in [-0.1, -0.05) is 25.0 Å². The second-order valence-electron chi connectivity index (χ2n) is 7.40. The van der Waals surface area contributed by atoms with Crippen LogP contribution in [0.4, 0.5) is 4.79 Å². The second-order valence-corrected chi connectivity index (χ2v) is 7.40. The molecule has 0 saturated heterocycles. The summed E-state index contributed by atoms with van der Waals surface area (Å²) in [5.41, 5.74) is 1.04. The van der Waals surface area contributed by atoms with Gasteiger partial charge < -0.3 is 20.1 Å². The van der Waals surface area contributed by atoms with Gasteiger partial charge >= 0.3 is 6.03 Å². The van der Waals surface area contributed by atoms with Crippen molar-refractivity contribution in [3.05, 3.63) is 29.8 Å². The maximum atomic E-state index is 12.4. The minimum absolute atomic E-state index is 0.0840. The predicted octanol–water partition coefficient (Wildman–Crippen LogP) is 3.73. The molecule has 1 saturated carbocycles. The molecule has 3 atom stereocenters. The smallest absolute Gasteiger partial charge is 0.317 e. The highest BCUT2D eigenvalue weighted by atomic mass is 16.5. The average molecular weight is 348 g/mol. The lowest BCUT2D eigenvalue weighted by atomic mass is 9.86. The summed E-state index contributed by atoms with van der Waals surface area (Å²) >= 11 is 0. The Morgan fingerprint density at radius 3 is 2.48 bits per heavy atom. The number of benzene rings is 1. The van der Waals surface area contributed by atoms with Crippen LogP contribution in [-0.2, 0) is 0 Å². The third-order valence-electron chi connectivity index (χ3n) is 4.82. The van der Waals surface area contributed by atoms with Gasteiger partial charge in [0.2, 0.25) is 0 Å². The van der Waals surface area contributed by atoms with E-state index in [2.05, 4.69) is 5.32 Å². The highest BCUT2D eigenvalue weighted by molar-refractivity contribution is 5.74. The Morgan fingerprint density at radius 1 is 1.24 bits per heavy atom. The molecule has 1 aromatic carbocycles. The fourth-order valence-corrected chi connectivity index (χ4v) is 3.32. The van der Waals surface area contributed by atoms with Gasteiger partial charge in [-0.3, -0.25) is 0 Å². The molecule has 1 aromatic rings. The number of nitrogens with one attached hydrogen (secondary N) is 1. The van der Waals surface area contributed by atoms with Crippen LogP contribution in [0, 0.1) is 5.92 Å². The van der Waals surface area contributed by atoms with Crippen molar-refractivity contribution < 1.29 is 14.6 Å². The fourth-order valence-electron chi connectivity index (χ4n) is 3.32. The molecule has 1 aliphatic rings. The van der Waals surface area contributed by atoms with E-state index < -0.39 is 0 Å². The van der Waals surface area contributed by atoms with Crippen molar-refractivity contribution in [1.82, 2.24) is 10.2 Å². The highest BCUT2D eigenvalue weighted by Crippen LogP contribution is 2.25. The molecule has 2 amide bonds. The summed E-state index contributed by atoms with van der Waals surface area (Å²) in [5, 5.41) is 13.1. The molecule has 25 heavy (non-hydrogen) atoms. The van der Waals surface area contributed by atoms with Crippen molar-refractivity contribution in [3.63, 3.8) is 0 Å². The number of rotatable bonds is 6. The van der Waals surface area contributed by atoms with Crippen LogP contribution in [0.2, 0.25) is 0 Å². The van der Waals surface area contributed by atoms with Gasteiger partial charge in [-0.25, -0.2) is 4.79 Å². The van der Waals surface area contributed by atoms with Crippen molar-refractivity contribution >= 4 is 6.03 Å². The Hall–Kier alpha value is -1.75. The summed E-state index contributed by atoms with van der Waals surface area (Å²) in [7, 11) is 1.79. The fraction of sp³-hybridized carbons (Fsp3) is 0.650. The molecule has 5 nitrogen and oxygen atoms in total. The Bertz CT molecular complexity index is 544. The summed E-state index contributed by atoms with van der Waals surface area (Å²) in [6.45, 7) is 6.56. The lowest BCUT2D eigenvalue weighted by Gasteiger charge is -2.31. The summed E-state index contributed by atoms with van der Waals surface area (Å²) in [6, 6.07) is 7.63. The molecule has 2 rings (SSSR count). The van der Waals surface area contributed by atoms with E-state index in [1.165, 1.54) is 0 Å². The van der Waals surface area contributed by atoms with E-state index in [-0.39, 0.29) is 30.2 Å². The third-order valence-corrected chi connectivity index (χ3v) is 4.82. The van der Waals surface area contributed by atoms with Gasteiger partial charge in [-0.2, -0.15) is 0 Å². The molecule has 1 aliphatic carbocycles. The third kappa shape index (κ3) is 5.92. The number of urea groups is 1. The van der Waals surface area contributed by atoms with Crippen molar-refractivity contribution in [2.24, 2.45) is 5.92 Å². The van der Waals surface area contributed by atoms with Gasteiger partial charge in [0.05, 0.1) is 18.2 Å². The minimum atomic E-state index is -0.282. The predicted molar refractivity (Wildman–Crippen MR) is 99.7 cm³/mol. The van der Waals surface area contributed by atoms with Gasteiger partial charge in [-0.15, -0.1) is 0 Å². The molecule has 0 spiro atoms. The molecule has 5 heteroatoms.